The molecule has 6 aromatic carbocycles. The molecule has 1 aliphatic carbocycles. The summed E-state index contributed by atoms with van der Waals surface area (Å²) >= 11 is 0. The van der Waals surface area contributed by atoms with E-state index in [1.807, 2.05) is 0 Å². The molecule has 0 saturated carbocycles. The standard InChI is InChI=1S/C36H24N4/c37-35-28-19-22(39-30-13-5-1-9-24(30)25-10-2-6-14-31(25)39)17-21-18-23(20-29(34(21)28)36(35)38)40-32-15-7-3-11-26(32)27-12-4-8-16-33(27)40/h1-20H,37-38H2. The van der Waals surface area contributed by atoms with E-state index in [0.717, 1.165) is 33.3 Å². The lowest BCUT2D eigenvalue weighted by Gasteiger charge is -2.14. The van der Waals surface area contributed by atoms with Gasteiger partial charge in [0.05, 0.1) is 33.5 Å². The Labute approximate surface area is 230 Å². The maximum absolute atomic E-state index is 6.72. The third-order valence-electron chi connectivity index (χ3n) is 8.57. The van der Waals surface area contributed by atoms with Gasteiger partial charge in [-0.15, -0.1) is 0 Å². The van der Waals surface area contributed by atoms with Crippen LogP contribution in [0.15, 0.2) is 121 Å². The summed E-state index contributed by atoms with van der Waals surface area (Å²) in [6.07, 6.45) is 0. The molecule has 4 N–H and O–H groups in total. The van der Waals surface area contributed by atoms with E-state index in [1.54, 1.807) is 0 Å². The van der Waals surface area contributed by atoms with Crippen molar-refractivity contribution < 1.29 is 0 Å². The van der Waals surface area contributed by atoms with Crippen LogP contribution in [0.3, 0.4) is 0 Å². The first-order valence-electron chi connectivity index (χ1n) is 13.5. The maximum Gasteiger partial charge on any atom is 0.0635 e. The monoisotopic (exact) mass is 512 g/mol. The molecule has 4 heteroatoms. The first-order chi connectivity index (χ1) is 19.7. The minimum absolute atomic E-state index is 0.641. The van der Waals surface area contributed by atoms with Crippen LogP contribution in [0.5, 0.6) is 0 Å². The van der Waals surface area contributed by atoms with Gasteiger partial charge in [-0.1, -0.05) is 72.8 Å². The Kier molecular flexibility index (Phi) is 4.05. The highest BCUT2D eigenvalue weighted by molar-refractivity contribution is 6.16. The van der Waals surface area contributed by atoms with Gasteiger partial charge in [-0.05, 0) is 53.9 Å². The van der Waals surface area contributed by atoms with Crippen LogP contribution >= 0.6 is 0 Å². The first kappa shape index (κ1) is 21.5. The summed E-state index contributed by atoms with van der Waals surface area (Å²) in [6, 6.07) is 43.3. The highest BCUT2D eigenvalue weighted by Gasteiger charge is 2.25. The first-order valence-corrected chi connectivity index (χ1v) is 13.5. The highest BCUT2D eigenvalue weighted by atomic mass is 15.0. The second-order valence-electron chi connectivity index (χ2n) is 10.7. The van der Waals surface area contributed by atoms with Crippen molar-refractivity contribution >= 4 is 65.8 Å². The third-order valence-corrected chi connectivity index (χ3v) is 8.57. The van der Waals surface area contributed by atoms with E-state index in [9.17, 15) is 0 Å². The summed E-state index contributed by atoms with van der Waals surface area (Å²) in [6.45, 7) is 0. The van der Waals surface area contributed by atoms with Gasteiger partial charge in [-0.25, -0.2) is 0 Å². The zero-order valence-electron chi connectivity index (χ0n) is 21.6. The molecule has 0 atom stereocenters. The SMILES string of the molecule is NC1=C(N)c2cc(-n3c4ccccc4c4ccccc43)cc3cc(-n4c5ccccc5c5ccccc54)cc1c23. The minimum atomic E-state index is 0.641. The zero-order chi connectivity index (χ0) is 26.5. The number of benzene rings is 6. The van der Waals surface area contributed by atoms with Gasteiger partial charge in [-0.2, -0.15) is 0 Å². The summed E-state index contributed by atoms with van der Waals surface area (Å²) in [5.74, 6) is 0. The van der Waals surface area contributed by atoms with Crippen LogP contribution in [-0.2, 0) is 0 Å². The Morgan fingerprint density at radius 1 is 0.400 bits per heavy atom. The molecule has 0 saturated heterocycles. The zero-order valence-corrected chi connectivity index (χ0v) is 21.6. The third kappa shape index (κ3) is 2.65. The minimum Gasteiger partial charge on any atom is -0.397 e. The number of fused-ring (bicyclic) bond motifs is 6. The second kappa shape index (κ2) is 7.55. The van der Waals surface area contributed by atoms with Gasteiger partial charge in [0, 0.05) is 49.4 Å². The smallest absolute Gasteiger partial charge is 0.0635 e. The number of hydrogen-bond donors (Lipinski definition) is 2. The Morgan fingerprint density at radius 2 is 0.725 bits per heavy atom. The lowest BCUT2D eigenvalue weighted by molar-refractivity contribution is 1.17. The molecule has 0 spiro atoms. The summed E-state index contributed by atoms with van der Waals surface area (Å²) < 4.78 is 4.68. The van der Waals surface area contributed by atoms with E-state index in [4.69, 9.17) is 11.5 Å². The Morgan fingerprint density at radius 3 is 1.07 bits per heavy atom. The average molecular weight is 513 g/mol. The van der Waals surface area contributed by atoms with Gasteiger partial charge >= 0.3 is 0 Å². The number of hydrogen-bond acceptors (Lipinski definition) is 2. The van der Waals surface area contributed by atoms with E-state index in [0.29, 0.717) is 11.4 Å². The quantitative estimate of drug-likeness (QED) is 0.246. The van der Waals surface area contributed by atoms with Crippen molar-refractivity contribution in [2.75, 3.05) is 0 Å². The number of aromatic nitrogens is 2. The molecule has 0 unspecified atom stereocenters. The van der Waals surface area contributed by atoms with Crippen molar-refractivity contribution in [3.05, 3.63) is 132 Å². The van der Waals surface area contributed by atoms with Crippen LogP contribution < -0.4 is 11.5 Å². The van der Waals surface area contributed by atoms with Crippen LogP contribution in [0.4, 0.5) is 0 Å². The molecule has 2 heterocycles. The van der Waals surface area contributed by atoms with Gasteiger partial charge in [0.15, 0.2) is 0 Å². The van der Waals surface area contributed by atoms with E-state index in [2.05, 4.69) is 130 Å². The number of nitrogens with two attached hydrogens (primary N) is 2. The predicted molar refractivity (Wildman–Crippen MR) is 168 cm³/mol. The van der Waals surface area contributed by atoms with E-state index >= 15 is 0 Å². The fourth-order valence-electron chi connectivity index (χ4n) is 6.86. The maximum atomic E-state index is 6.72. The molecular formula is C36H24N4. The Bertz CT molecular complexity index is 2130. The lowest BCUT2D eigenvalue weighted by atomic mass is 10.0. The summed E-state index contributed by atoms with van der Waals surface area (Å²) in [4.78, 5) is 0. The normalized spacial score (nSPS) is 13.1. The summed E-state index contributed by atoms with van der Waals surface area (Å²) in [5, 5.41) is 7.17. The fraction of sp³-hybridized carbons (Fsp3) is 0. The van der Waals surface area contributed by atoms with Crippen molar-refractivity contribution in [2.24, 2.45) is 11.5 Å². The van der Waals surface area contributed by atoms with Crippen LogP contribution in [-0.4, -0.2) is 9.13 Å². The van der Waals surface area contributed by atoms with Gasteiger partial charge in [0.1, 0.15) is 0 Å². The van der Waals surface area contributed by atoms with Gasteiger partial charge in [-0.3, -0.25) is 0 Å². The predicted octanol–water partition coefficient (Wildman–Crippen LogP) is 8.09. The molecule has 188 valence electrons. The van der Waals surface area contributed by atoms with E-state index in [1.165, 1.54) is 43.6 Å². The molecule has 0 radical (unpaired) electrons. The van der Waals surface area contributed by atoms with Gasteiger partial charge in [0.25, 0.3) is 0 Å². The molecule has 8 aromatic rings. The molecule has 0 aliphatic heterocycles. The molecule has 0 bridgehead atoms. The topological polar surface area (TPSA) is 61.9 Å². The van der Waals surface area contributed by atoms with Crippen LogP contribution in [0.2, 0.25) is 0 Å². The van der Waals surface area contributed by atoms with Crippen LogP contribution in [0, 0.1) is 0 Å². The number of rotatable bonds is 2. The number of nitrogens with zero attached hydrogens (tertiary/aromatic N) is 2. The van der Waals surface area contributed by atoms with Crippen molar-refractivity contribution in [3.8, 4) is 11.4 Å². The fourth-order valence-corrected chi connectivity index (χ4v) is 6.86. The molecule has 4 nitrogen and oxygen atoms in total. The van der Waals surface area contributed by atoms with Crippen LogP contribution in [0.25, 0.3) is 77.2 Å². The van der Waals surface area contributed by atoms with Gasteiger partial charge in [0.2, 0.25) is 0 Å². The lowest BCUT2D eigenvalue weighted by Crippen LogP contribution is -2.02. The summed E-state index contributed by atoms with van der Waals surface area (Å²) in [5.41, 5.74) is 23.5. The molecule has 0 amide bonds. The summed E-state index contributed by atoms with van der Waals surface area (Å²) in [7, 11) is 0. The molecule has 0 fully saturated rings. The van der Waals surface area contributed by atoms with Gasteiger partial charge < -0.3 is 20.6 Å². The molecule has 40 heavy (non-hydrogen) atoms. The van der Waals surface area contributed by atoms with Crippen molar-refractivity contribution in [1.82, 2.24) is 9.13 Å². The largest absolute Gasteiger partial charge is 0.397 e. The Balaban J connectivity index is 1.40. The molecular weight excluding hydrogens is 488 g/mol. The van der Waals surface area contributed by atoms with E-state index in [-0.39, 0.29) is 0 Å². The second-order valence-corrected chi connectivity index (χ2v) is 10.7. The van der Waals surface area contributed by atoms with Crippen LogP contribution in [0.1, 0.15) is 11.1 Å². The molecule has 2 aromatic heterocycles. The molecule has 9 rings (SSSR count). The number of para-hydroxylation sites is 4. The van der Waals surface area contributed by atoms with Crippen molar-refractivity contribution in [1.29, 1.82) is 0 Å². The highest BCUT2D eigenvalue weighted by Crippen LogP contribution is 2.43. The Hall–Kier alpha value is -5.48. The van der Waals surface area contributed by atoms with E-state index < -0.39 is 0 Å². The van der Waals surface area contributed by atoms with Crippen molar-refractivity contribution in [2.45, 2.75) is 0 Å². The molecule has 1 aliphatic rings. The van der Waals surface area contributed by atoms with Crippen molar-refractivity contribution in [3.63, 3.8) is 0 Å². The average Bonchev–Trinajstić information content (AvgIpc) is 3.60.